The third kappa shape index (κ3) is 5.12. The van der Waals surface area contributed by atoms with Crippen LogP contribution in [0.5, 0.6) is 0 Å². The SMILES string of the molecule is O=C(NCc1ccccc1)C1N(CCCCCO)C(=O)[C@@H]2[C@@H](C(=O)NCc3ccccc3)[C@@H]3SC12CC3Br. The number of hydrogen-bond donors (Lipinski definition) is 3. The minimum atomic E-state index is -0.650. The number of carbonyl (C=O) groups is 3. The molecule has 3 amide bonds. The lowest BCUT2D eigenvalue weighted by atomic mass is 9.70. The lowest BCUT2D eigenvalue weighted by Crippen LogP contribution is -2.54. The summed E-state index contributed by atoms with van der Waals surface area (Å²) in [4.78, 5) is 43.2. The molecule has 38 heavy (non-hydrogen) atoms. The molecule has 7 nitrogen and oxygen atoms in total. The van der Waals surface area contributed by atoms with E-state index in [1.165, 1.54) is 0 Å². The highest BCUT2D eigenvalue weighted by Gasteiger charge is 2.75. The molecule has 3 fully saturated rings. The van der Waals surface area contributed by atoms with Crippen molar-refractivity contribution in [2.24, 2.45) is 11.8 Å². The second-order valence-electron chi connectivity index (χ2n) is 10.4. The molecule has 6 atom stereocenters. The average molecular weight is 601 g/mol. The quantitative estimate of drug-likeness (QED) is 0.272. The first-order chi connectivity index (χ1) is 18.5. The number of benzene rings is 2. The lowest BCUT2D eigenvalue weighted by molar-refractivity contribution is -0.140. The minimum Gasteiger partial charge on any atom is -0.396 e. The van der Waals surface area contributed by atoms with Gasteiger partial charge in [-0.15, -0.1) is 11.8 Å². The Bertz CT molecular complexity index is 1150. The van der Waals surface area contributed by atoms with Crippen LogP contribution in [-0.2, 0) is 27.5 Å². The van der Waals surface area contributed by atoms with E-state index in [1.54, 1.807) is 16.7 Å². The first kappa shape index (κ1) is 27.2. The molecule has 5 rings (SSSR count). The number of carbonyl (C=O) groups excluding carboxylic acids is 3. The van der Waals surface area contributed by atoms with Crippen molar-refractivity contribution in [1.82, 2.24) is 15.5 Å². The maximum absolute atomic E-state index is 14.0. The van der Waals surface area contributed by atoms with Crippen LogP contribution in [0.25, 0.3) is 0 Å². The van der Waals surface area contributed by atoms with E-state index in [4.69, 9.17) is 0 Å². The molecule has 1 spiro atoms. The summed E-state index contributed by atoms with van der Waals surface area (Å²) in [5.74, 6) is -1.41. The number of thioether (sulfide) groups is 1. The van der Waals surface area contributed by atoms with Crippen molar-refractivity contribution in [3.8, 4) is 0 Å². The summed E-state index contributed by atoms with van der Waals surface area (Å²) < 4.78 is -0.650. The Morgan fingerprint density at radius 1 is 0.947 bits per heavy atom. The molecule has 2 aromatic rings. The zero-order valence-electron chi connectivity index (χ0n) is 21.2. The molecule has 3 saturated heterocycles. The van der Waals surface area contributed by atoms with E-state index in [2.05, 4.69) is 26.6 Å². The number of alkyl halides is 1. The van der Waals surface area contributed by atoms with E-state index in [0.717, 1.165) is 17.5 Å². The standard InChI is InChI=1S/C29H34BrN3O4S/c30-21-16-29-23(22(24(21)38-29)26(35)31-17-19-10-4-1-5-11-19)28(37)33(14-8-3-9-15-34)25(29)27(36)32-18-20-12-6-2-7-13-20/h1-2,4-7,10-13,21-25,34H,3,8-9,14-18H2,(H,31,35)(H,32,36)/t21?,22-,23+,24-,25?,29?/m1/s1. The van der Waals surface area contributed by atoms with Crippen molar-refractivity contribution in [3.05, 3.63) is 71.8 Å². The molecule has 2 bridgehead atoms. The van der Waals surface area contributed by atoms with Gasteiger partial charge < -0.3 is 20.6 Å². The van der Waals surface area contributed by atoms with Crippen molar-refractivity contribution in [1.29, 1.82) is 0 Å². The van der Waals surface area contributed by atoms with Gasteiger partial charge in [-0.1, -0.05) is 76.6 Å². The van der Waals surface area contributed by atoms with Crippen molar-refractivity contribution >= 4 is 45.4 Å². The van der Waals surface area contributed by atoms with E-state index in [1.807, 2.05) is 60.7 Å². The van der Waals surface area contributed by atoms with Gasteiger partial charge in [-0.05, 0) is 36.8 Å². The summed E-state index contributed by atoms with van der Waals surface area (Å²) in [6, 6.07) is 18.8. The summed E-state index contributed by atoms with van der Waals surface area (Å²) in [6.07, 6.45) is 2.80. The van der Waals surface area contributed by atoms with Gasteiger partial charge in [-0.3, -0.25) is 14.4 Å². The van der Waals surface area contributed by atoms with Gasteiger partial charge in [0.2, 0.25) is 17.7 Å². The molecule has 202 valence electrons. The van der Waals surface area contributed by atoms with Gasteiger partial charge in [0.25, 0.3) is 0 Å². The van der Waals surface area contributed by atoms with Crippen LogP contribution in [0.1, 0.15) is 36.8 Å². The third-order valence-electron chi connectivity index (χ3n) is 8.02. The summed E-state index contributed by atoms with van der Waals surface area (Å²) in [5.41, 5.74) is 2.00. The molecule has 0 aromatic heterocycles. The summed E-state index contributed by atoms with van der Waals surface area (Å²) in [7, 11) is 0. The van der Waals surface area contributed by atoms with Gasteiger partial charge in [0.1, 0.15) is 6.04 Å². The first-order valence-electron chi connectivity index (χ1n) is 13.3. The second kappa shape index (κ2) is 11.8. The van der Waals surface area contributed by atoms with Crippen molar-refractivity contribution < 1.29 is 19.5 Å². The zero-order chi connectivity index (χ0) is 26.7. The molecule has 0 radical (unpaired) electrons. The molecule has 3 heterocycles. The van der Waals surface area contributed by atoms with Crippen molar-refractivity contribution in [2.45, 2.75) is 59.6 Å². The van der Waals surface area contributed by atoms with Crippen LogP contribution in [0.4, 0.5) is 0 Å². The molecule has 0 aliphatic carbocycles. The number of nitrogens with zero attached hydrogens (tertiary/aromatic N) is 1. The van der Waals surface area contributed by atoms with Crippen LogP contribution >= 0.6 is 27.7 Å². The van der Waals surface area contributed by atoms with Gasteiger partial charge in [-0.2, -0.15) is 0 Å². The maximum atomic E-state index is 14.0. The van der Waals surface area contributed by atoms with E-state index in [-0.39, 0.29) is 34.4 Å². The number of aliphatic hydroxyl groups is 1. The van der Waals surface area contributed by atoms with Crippen LogP contribution in [0.3, 0.4) is 0 Å². The number of hydrogen-bond acceptors (Lipinski definition) is 5. The molecule has 3 aliphatic rings. The molecule has 9 heteroatoms. The number of amides is 3. The lowest BCUT2D eigenvalue weighted by Gasteiger charge is -2.35. The van der Waals surface area contributed by atoms with E-state index >= 15 is 0 Å². The second-order valence-corrected chi connectivity index (χ2v) is 13.1. The smallest absolute Gasteiger partial charge is 0.244 e. The summed E-state index contributed by atoms with van der Waals surface area (Å²) >= 11 is 5.46. The highest BCUT2D eigenvalue weighted by atomic mass is 79.9. The molecule has 0 saturated carbocycles. The zero-order valence-corrected chi connectivity index (χ0v) is 23.6. The monoisotopic (exact) mass is 599 g/mol. The fourth-order valence-corrected chi connectivity index (χ4v) is 9.94. The third-order valence-corrected chi connectivity index (χ3v) is 11.2. The topological polar surface area (TPSA) is 98.7 Å². The predicted molar refractivity (Wildman–Crippen MR) is 151 cm³/mol. The maximum Gasteiger partial charge on any atom is 0.244 e. The first-order valence-corrected chi connectivity index (χ1v) is 15.1. The molecular formula is C29H34BrN3O4S. The van der Waals surface area contributed by atoms with Crippen molar-refractivity contribution in [3.63, 3.8) is 0 Å². The van der Waals surface area contributed by atoms with E-state index in [0.29, 0.717) is 38.9 Å². The van der Waals surface area contributed by atoms with Gasteiger partial charge in [0.15, 0.2) is 0 Å². The van der Waals surface area contributed by atoms with E-state index in [9.17, 15) is 19.5 Å². The number of rotatable bonds is 11. The molecule has 3 unspecified atom stereocenters. The van der Waals surface area contributed by atoms with Gasteiger partial charge in [-0.25, -0.2) is 0 Å². The summed E-state index contributed by atoms with van der Waals surface area (Å²) in [6.45, 7) is 1.33. The van der Waals surface area contributed by atoms with Gasteiger partial charge in [0, 0.05) is 36.3 Å². The Kier molecular flexibility index (Phi) is 8.45. The Labute approximate surface area is 236 Å². The predicted octanol–water partition coefficient (Wildman–Crippen LogP) is 3.25. The largest absolute Gasteiger partial charge is 0.396 e. The number of nitrogens with one attached hydrogen (secondary N) is 2. The van der Waals surface area contributed by atoms with Crippen LogP contribution in [-0.4, -0.2) is 61.7 Å². The molecule has 3 N–H and O–H groups in total. The van der Waals surface area contributed by atoms with Gasteiger partial charge >= 0.3 is 0 Å². The molecular weight excluding hydrogens is 566 g/mol. The highest BCUT2D eigenvalue weighted by Crippen LogP contribution is 2.67. The number of halogens is 1. The normalized spacial score (nSPS) is 29.4. The fourth-order valence-electron chi connectivity index (χ4n) is 6.33. The van der Waals surface area contributed by atoms with Crippen LogP contribution in [0, 0.1) is 11.8 Å². The number of unbranched alkanes of at least 4 members (excludes halogenated alkanes) is 2. The number of fused-ring (bicyclic) bond motifs is 1. The van der Waals surface area contributed by atoms with Crippen molar-refractivity contribution in [2.75, 3.05) is 13.2 Å². The van der Waals surface area contributed by atoms with Gasteiger partial charge in [0.05, 0.1) is 16.6 Å². The Balaban J connectivity index is 1.39. The fraction of sp³-hybridized carbons (Fsp3) is 0.483. The molecule has 2 aromatic carbocycles. The number of likely N-dealkylation sites (tertiary alicyclic amines) is 1. The highest BCUT2D eigenvalue weighted by molar-refractivity contribution is 9.09. The Hall–Kier alpha value is -2.36. The summed E-state index contributed by atoms with van der Waals surface area (Å²) in [5, 5.41) is 15.3. The average Bonchev–Trinajstić information content (AvgIpc) is 3.53. The number of aliphatic hydroxyl groups excluding tert-OH is 1. The molecule has 3 aliphatic heterocycles. The Morgan fingerprint density at radius 2 is 1.55 bits per heavy atom. The van der Waals surface area contributed by atoms with Crippen LogP contribution in [0.15, 0.2) is 60.7 Å². The van der Waals surface area contributed by atoms with Crippen LogP contribution in [0.2, 0.25) is 0 Å². The van der Waals surface area contributed by atoms with E-state index < -0.39 is 22.6 Å². The minimum absolute atomic E-state index is 0.0442. The Morgan fingerprint density at radius 3 is 2.16 bits per heavy atom. The van der Waals surface area contributed by atoms with Crippen LogP contribution < -0.4 is 10.6 Å².